The van der Waals surface area contributed by atoms with Crippen LogP contribution in [0.3, 0.4) is 0 Å². The largest absolute Gasteiger partial charge is 0.493 e. The highest BCUT2D eigenvalue weighted by Crippen LogP contribution is 2.41. The number of rotatable bonds is 9. The SMILES string of the molecule is CCOC(=O)Cc1ccc(OCCOc2c(OC)ccc3cc4[n+](cc23)CCc2cc3c(cc2-4)OCO3)cc1. The molecule has 3 heterocycles. The first-order chi connectivity index (χ1) is 19.1. The number of aromatic nitrogens is 1. The lowest BCUT2D eigenvalue weighted by atomic mass is 9.95. The summed E-state index contributed by atoms with van der Waals surface area (Å²) in [4.78, 5) is 11.7. The molecular formula is C31H30NO7+. The summed E-state index contributed by atoms with van der Waals surface area (Å²) in [5, 5.41) is 2.03. The number of methoxy groups -OCH3 is 1. The van der Waals surface area contributed by atoms with Crippen LogP contribution in [0.4, 0.5) is 0 Å². The molecule has 39 heavy (non-hydrogen) atoms. The summed E-state index contributed by atoms with van der Waals surface area (Å²) in [7, 11) is 1.65. The molecule has 2 aliphatic heterocycles. The molecular weight excluding hydrogens is 498 g/mol. The fourth-order valence-corrected chi connectivity index (χ4v) is 5.09. The highest BCUT2D eigenvalue weighted by Gasteiger charge is 2.28. The van der Waals surface area contributed by atoms with E-state index >= 15 is 0 Å². The number of carbonyl (C=O) groups is 1. The lowest BCUT2D eigenvalue weighted by molar-refractivity contribution is -0.686. The smallest absolute Gasteiger partial charge is 0.310 e. The number of fused-ring (bicyclic) bond motifs is 5. The molecule has 0 unspecified atom stereocenters. The molecule has 0 N–H and O–H groups in total. The first-order valence-corrected chi connectivity index (χ1v) is 13.1. The minimum Gasteiger partial charge on any atom is -0.493 e. The van der Waals surface area contributed by atoms with E-state index in [1.54, 1.807) is 14.0 Å². The average molecular weight is 529 g/mol. The maximum Gasteiger partial charge on any atom is 0.310 e. The van der Waals surface area contributed by atoms with Crippen molar-refractivity contribution in [2.24, 2.45) is 0 Å². The molecule has 3 aromatic carbocycles. The van der Waals surface area contributed by atoms with Crippen molar-refractivity contribution in [1.82, 2.24) is 0 Å². The van der Waals surface area contributed by atoms with Gasteiger partial charge in [-0.3, -0.25) is 4.79 Å². The van der Waals surface area contributed by atoms with Gasteiger partial charge in [0.25, 0.3) is 0 Å². The normalized spacial score (nSPS) is 13.0. The van der Waals surface area contributed by atoms with Gasteiger partial charge in [0, 0.05) is 12.5 Å². The van der Waals surface area contributed by atoms with Gasteiger partial charge < -0.3 is 28.4 Å². The van der Waals surface area contributed by atoms with Crippen LogP contribution in [0.1, 0.15) is 18.1 Å². The second kappa shape index (κ2) is 10.7. The molecule has 2 aliphatic rings. The third kappa shape index (κ3) is 5.02. The van der Waals surface area contributed by atoms with Crippen LogP contribution in [-0.4, -0.2) is 39.7 Å². The predicted molar refractivity (Wildman–Crippen MR) is 144 cm³/mol. The lowest BCUT2D eigenvalue weighted by Gasteiger charge is -2.18. The fourth-order valence-electron chi connectivity index (χ4n) is 5.09. The maximum absolute atomic E-state index is 11.7. The molecule has 200 valence electrons. The van der Waals surface area contributed by atoms with Gasteiger partial charge in [-0.1, -0.05) is 12.1 Å². The molecule has 8 nitrogen and oxygen atoms in total. The third-order valence-corrected chi connectivity index (χ3v) is 6.97. The summed E-state index contributed by atoms with van der Waals surface area (Å²) in [5.74, 6) is 3.44. The summed E-state index contributed by atoms with van der Waals surface area (Å²) >= 11 is 0. The van der Waals surface area contributed by atoms with Gasteiger partial charge in [0.15, 0.2) is 35.7 Å². The summed E-state index contributed by atoms with van der Waals surface area (Å²) in [5.41, 5.74) is 4.43. The Morgan fingerprint density at radius 1 is 0.974 bits per heavy atom. The number of benzene rings is 3. The quantitative estimate of drug-likeness (QED) is 0.178. The predicted octanol–water partition coefficient (Wildman–Crippen LogP) is 4.65. The highest BCUT2D eigenvalue weighted by molar-refractivity contribution is 5.91. The molecule has 0 amide bonds. The Labute approximate surface area is 226 Å². The Balaban J connectivity index is 1.18. The fraction of sp³-hybridized carbons (Fsp3) is 0.290. The van der Waals surface area contributed by atoms with Crippen molar-refractivity contribution in [2.75, 3.05) is 33.7 Å². The summed E-state index contributed by atoms with van der Waals surface area (Å²) < 4.78 is 36.2. The second-order valence-corrected chi connectivity index (χ2v) is 9.39. The van der Waals surface area contributed by atoms with Gasteiger partial charge in [-0.25, -0.2) is 0 Å². The number of esters is 1. The molecule has 0 spiro atoms. The zero-order chi connectivity index (χ0) is 26.8. The topological polar surface area (TPSA) is 76.3 Å². The number of hydrogen-bond acceptors (Lipinski definition) is 7. The second-order valence-electron chi connectivity index (χ2n) is 9.39. The minimum atomic E-state index is -0.237. The molecule has 1 aromatic heterocycles. The van der Waals surface area contributed by atoms with Crippen LogP contribution in [0, 0.1) is 0 Å². The molecule has 0 radical (unpaired) electrons. The average Bonchev–Trinajstić information content (AvgIpc) is 3.41. The lowest BCUT2D eigenvalue weighted by Crippen LogP contribution is -2.40. The van der Waals surface area contributed by atoms with E-state index < -0.39 is 0 Å². The Bertz CT molecular complexity index is 1530. The Hall–Kier alpha value is -4.46. The first-order valence-electron chi connectivity index (χ1n) is 13.1. The van der Waals surface area contributed by atoms with Crippen LogP contribution >= 0.6 is 0 Å². The number of carbonyl (C=O) groups excluding carboxylic acids is 1. The van der Waals surface area contributed by atoms with Gasteiger partial charge in [0.2, 0.25) is 12.5 Å². The van der Waals surface area contributed by atoms with E-state index in [4.69, 9.17) is 28.4 Å². The molecule has 0 atom stereocenters. The summed E-state index contributed by atoms with van der Waals surface area (Å²) in [6.45, 7) is 3.99. The monoisotopic (exact) mass is 528 g/mol. The number of ether oxygens (including phenoxy) is 6. The van der Waals surface area contributed by atoms with Crippen molar-refractivity contribution in [3.8, 4) is 40.0 Å². The molecule has 4 aromatic rings. The van der Waals surface area contributed by atoms with Crippen molar-refractivity contribution < 1.29 is 37.8 Å². The number of aryl methyl sites for hydroxylation is 2. The molecule has 0 saturated heterocycles. The van der Waals surface area contributed by atoms with E-state index in [9.17, 15) is 4.79 Å². The van der Waals surface area contributed by atoms with Gasteiger partial charge in [0.05, 0.1) is 31.1 Å². The van der Waals surface area contributed by atoms with E-state index in [0.717, 1.165) is 52.1 Å². The first kappa shape index (κ1) is 24.9. The van der Waals surface area contributed by atoms with Crippen molar-refractivity contribution >= 4 is 16.7 Å². The zero-order valence-corrected chi connectivity index (χ0v) is 22.0. The highest BCUT2D eigenvalue weighted by atomic mass is 16.7. The van der Waals surface area contributed by atoms with Crippen LogP contribution in [0.15, 0.2) is 60.8 Å². The minimum absolute atomic E-state index is 0.237. The van der Waals surface area contributed by atoms with Gasteiger partial charge in [-0.05, 0) is 59.8 Å². The number of hydrogen-bond donors (Lipinski definition) is 0. The van der Waals surface area contributed by atoms with Crippen molar-refractivity contribution in [2.45, 2.75) is 26.3 Å². The third-order valence-electron chi connectivity index (χ3n) is 6.97. The van der Waals surface area contributed by atoms with Crippen molar-refractivity contribution in [3.05, 3.63) is 71.9 Å². The standard InChI is InChI=1S/C31H30NO7/c1-3-35-30(33)14-20-4-7-23(8-5-20)36-12-13-37-31-25-18-32-11-10-22-16-28-29(39-19-38-28)17-24(22)26(32)15-21(25)6-9-27(31)34-2/h4-9,15-18H,3,10-14,19H2,1-2H3/q+1. The van der Waals surface area contributed by atoms with Crippen LogP contribution in [-0.2, 0) is 28.9 Å². The molecule has 6 rings (SSSR count). The van der Waals surface area contributed by atoms with Gasteiger partial charge >= 0.3 is 5.97 Å². The van der Waals surface area contributed by atoms with Gasteiger partial charge in [-0.2, -0.15) is 4.57 Å². The Morgan fingerprint density at radius 3 is 2.56 bits per heavy atom. The van der Waals surface area contributed by atoms with Gasteiger partial charge in [-0.15, -0.1) is 0 Å². The van der Waals surface area contributed by atoms with E-state index in [-0.39, 0.29) is 19.2 Å². The summed E-state index contributed by atoms with van der Waals surface area (Å²) in [6.07, 6.45) is 3.29. The molecule has 0 saturated carbocycles. The number of nitrogens with zero attached hydrogens (tertiary/aromatic N) is 1. The Morgan fingerprint density at radius 2 is 1.77 bits per heavy atom. The van der Waals surface area contributed by atoms with Crippen LogP contribution in [0.2, 0.25) is 0 Å². The van der Waals surface area contributed by atoms with Crippen molar-refractivity contribution in [3.63, 3.8) is 0 Å². The van der Waals surface area contributed by atoms with E-state index in [1.165, 1.54) is 5.56 Å². The maximum atomic E-state index is 11.7. The van der Waals surface area contributed by atoms with Crippen LogP contribution < -0.4 is 28.3 Å². The summed E-state index contributed by atoms with van der Waals surface area (Å²) in [6, 6.07) is 17.8. The van der Waals surface area contributed by atoms with E-state index in [0.29, 0.717) is 37.1 Å². The molecule has 8 heteroatoms. The van der Waals surface area contributed by atoms with Gasteiger partial charge in [0.1, 0.15) is 19.0 Å². The number of pyridine rings is 1. The van der Waals surface area contributed by atoms with Crippen LogP contribution in [0.5, 0.6) is 28.7 Å². The zero-order valence-electron chi connectivity index (χ0n) is 22.0. The molecule has 0 aliphatic carbocycles. The van der Waals surface area contributed by atoms with Crippen molar-refractivity contribution in [1.29, 1.82) is 0 Å². The van der Waals surface area contributed by atoms with E-state index in [1.807, 2.05) is 30.3 Å². The molecule has 0 fully saturated rings. The van der Waals surface area contributed by atoms with Crippen LogP contribution in [0.25, 0.3) is 22.0 Å². The van der Waals surface area contributed by atoms with E-state index in [2.05, 4.69) is 35.0 Å². The molecule has 0 bridgehead atoms. The Kier molecular flexibility index (Phi) is 6.84.